The Hall–Kier alpha value is -1.14. The quantitative estimate of drug-likeness (QED) is 0.892. The Morgan fingerprint density at radius 1 is 1.26 bits per heavy atom. The van der Waals surface area contributed by atoms with Crippen LogP contribution in [0.2, 0.25) is 5.28 Å². The average Bonchev–Trinajstić information content (AvgIpc) is 2.46. The molecule has 0 spiro atoms. The van der Waals surface area contributed by atoms with Crippen LogP contribution in [-0.2, 0) is 4.74 Å². The van der Waals surface area contributed by atoms with Gasteiger partial charge in [0.1, 0.15) is 0 Å². The van der Waals surface area contributed by atoms with Gasteiger partial charge >= 0.3 is 0 Å². The van der Waals surface area contributed by atoms with Crippen molar-refractivity contribution in [3.8, 4) is 0 Å². The van der Waals surface area contributed by atoms with Gasteiger partial charge in [-0.3, -0.25) is 0 Å². The Labute approximate surface area is 117 Å². The van der Waals surface area contributed by atoms with E-state index >= 15 is 0 Å². The summed E-state index contributed by atoms with van der Waals surface area (Å²) >= 11 is 5.96. The van der Waals surface area contributed by atoms with Gasteiger partial charge in [-0.25, -0.2) is 0 Å². The lowest BCUT2D eigenvalue weighted by molar-refractivity contribution is -0.00932. The number of ether oxygens (including phenoxy) is 1. The summed E-state index contributed by atoms with van der Waals surface area (Å²) < 4.78 is 5.86. The molecule has 104 valence electrons. The number of aromatic nitrogens is 3. The minimum Gasteiger partial charge on any atom is -0.374 e. The van der Waals surface area contributed by atoms with Crippen molar-refractivity contribution in [2.24, 2.45) is 0 Å². The monoisotopic (exact) mass is 283 g/mol. The van der Waals surface area contributed by atoms with Crippen molar-refractivity contribution in [2.75, 3.05) is 30.4 Å². The molecule has 2 unspecified atom stereocenters. The van der Waals surface area contributed by atoms with Crippen LogP contribution in [0.15, 0.2) is 0 Å². The van der Waals surface area contributed by atoms with E-state index in [0.29, 0.717) is 24.0 Å². The first kappa shape index (κ1) is 12.9. The van der Waals surface area contributed by atoms with Crippen LogP contribution < -0.4 is 10.2 Å². The highest BCUT2D eigenvalue weighted by atomic mass is 35.5. The van der Waals surface area contributed by atoms with Gasteiger partial charge < -0.3 is 15.0 Å². The number of rotatable bonds is 2. The molecule has 2 aliphatic rings. The largest absolute Gasteiger partial charge is 0.374 e. The van der Waals surface area contributed by atoms with Crippen molar-refractivity contribution in [3.63, 3.8) is 0 Å². The van der Waals surface area contributed by atoms with Gasteiger partial charge in [-0.1, -0.05) is 12.8 Å². The number of nitrogens with zero attached hydrogens (tertiary/aromatic N) is 4. The Morgan fingerprint density at radius 2 is 2.11 bits per heavy atom. The molecule has 1 saturated heterocycles. The van der Waals surface area contributed by atoms with E-state index in [1.54, 1.807) is 7.05 Å². The molecule has 1 aliphatic heterocycles. The van der Waals surface area contributed by atoms with Gasteiger partial charge in [0, 0.05) is 13.6 Å². The topological polar surface area (TPSA) is 63.2 Å². The van der Waals surface area contributed by atoms with E-state index in [9.17, 15) is 0 Å². The number of nitrogens with one attached hydrogen (secondary N) is 1. The van der Waals surface area contributed by atoms with E-state index in [0.717, 1.165) is 26.0 Å². The predicted octanol–water partition coefficient (Wildman–Crippen LogP) is 1.71. The second kappa shape index (κ2) is 5.46. The standard InChI is InChI=1S/C12H18ClN5O/c1-14-11-15-10(13)16-12(17-11)18-6-7-19-9-5-3-2-4-8(9)18/h8-9H,2-7H2,1H3,(H,14,15,16,17). The Balaban J connectivity index is 1.89. The highest BCUT2D eigenvalue weighted by Gasteiger charge is 2.35. The zero-order chi connectivity index (χ0) is 13.2. The summed E-state index contributed by atoms with van der Waals surface area (Å²) in [6.07, 6.45) is 5.03. The van der Waals surface area contributed by atoms with E-state index < -0.39 is 0 Å². The molecule has 3 rings (SSSR count). The first-order valence-electron chi connectivity index (χ1n) is 6.75. The van der Waals surface area contributed by atoms with Crippen LogP contribution in [-0.4, -0.2) is 47.3 Å². The first-order valence-corrected chi connectivity index (χ1v) is 7.13. The highest BCUT2D eigenvalue weighted by Crippen LogP contribution is 2.30. The summed E-state index contributed by atoms with van der Waals surface area (Å²) in [5, 5.41) is 3.14. The zero-order valence-electron chi connectivity index (χ0n) is 11.0. The smallest absolute Gasteiger partial charge is 0.231 e. The van der Waals surface area contributed by atoms with Crippen molar-refractivity contribution in [3.05, 3.63) is 5.28 Å². The molecule has 1 aromatic heterocycles. The van der Waals surface area contributed by atoms with E-state index in [-0.39, 0.29) is 5.28 Å². The fourth-order valence-electron chi connectivity index (χ4n) is 2.92. The van der Waals surface area contributed by atoms with Crippen LogP contribution in [0.3, 0.4) is 0 Å². The minimum absolute atomic E-state index is 0.230. The van der Waals surface area contributed by atoms with Gasteiger partial charge in [-0.05, 0) is 24.4 Å². The fourth-order valence-corrected chi connectivity index (χ4v) is 3.08. The lowest BCUT2D eigenvalue weighted by Crippen LogP contribution is -2.53. The van der Waals surface area contributed by atoms with Crippen LogP contribution >= 0.6 is 11.6 Å². The van der Waals surface area contributed by atoms with Crippen molar-refractivity contribution < 1.29 is 4.74 Å². The van der Waals surface area contributed by atoms with Crippen LogP contribution in [0.5, 0.6) is 0 Å². The highest BCUT2D eigenvalue weighted by molar-refractivity contribution is 6.28. The molecular weight excluding hydrogens is 266 g/mol. The summed E-state index contributed by atoms with van der Waals surface area (Å²) in [7, 11) is 1.78. The summed E-state index contributed by atoms with van der Waals surface area (Å²) in [5.41, 5.74) is 0. The lowest BCUT2D eigenvalue weighted by Gasteiger charge is -2.43. The Morgan fingerprint density at radius 3 is 2.95 bits per heavy atom. The third-order valence-electron chi connectivity index (χ3n) is 3.81. The fraction of sp³-hybridized carbons (Fsp3) is 0.750. The first-order chi connectivity index (χ1) is 9.28. The molecule has 6 nitrogen and oxygen atoms in total. The van der Waals surface area contributed by atoms with Gasteiger partial charge in [0.15, 0.2) is 0 Å². The van der Waals surface area contributed by atoms with Crippen molar-refractivity contribution >= 4 is 23.5 Å². The van der Waals surface area contributed by atoms with Gasteiger partial charge in [0.05, 0.1) is 18.8 Å². The number of anilines is 2. The van der Waals surface area contributed by atoms with E-state index in [4.69, 9.17) is 16.3 Å². The summed E-state index contributed by atoms with van der Waals surface area (Å²) in [4.78, 5) is 14.9. The molecule has 0 amide bonds. The van der Waals surface area contributed by atoms with Crippen molar-refractivity contribution in [1.29, 1.82) is 0 Å². The molecule has 2 atom stereocenters. The molecule has 1 aliphatic carbocycles. The maximum atomic E-state index is 5.96. The second-order valence-electron chi connectivity index (χ2n) is 4.93. The van der Waals surface area contributed by atoms with E-state index in [1.807, 2.05) is 0 Å². The summed E-state index contributed by atoms with van der Waals surface area (Å²) in [5.74, 6) is 1.17. The van der Waals surface area contributed by atoms with Gasteiger partial charge in [-0.2, -0.15) is 15.0 Å². The summed E-state index contributed by atoms with van der Waals surface area (Å²) in [6.45, 7) is 1.53. The third-order valence-corrected chi connectivity index (χ3v) is 3.98. The molecule has 2 heterocycles. The molecule has 0 aromatic carbocycles. The molecule has 0 bridgehead atoms. The number of halogens is 1. The van der Waals surface area contributed by atoms with Gasteiger partial charge in [0.25, 0.3) is 0 Å². The van der Waals surface area contributed by atoms with Crippen molar-refractivity contribution in [1.82, 2.24) is 15.0 Å². The number of hydrogen-bond acceptors (Lipinski definition) is 6. The molecule has 1 N–H and O–H groups in total. The third kappa shape index (κ3) is 2.60. The van der Waals surface area contributed by atoms with Crippen LogP contribution in [0.25, 0.3) is 0 Å². The Kier molecular flexibility index (Phi) is 3.70. The van der Waals surface area contributed by atoms with Crippen LogP contribution in [0, 0.1) is 0 Å². The molecule has 19 heavy (non-hydrogen) atoms. The summed E-state index contributed by atoms with van der Waals surface area (Å²) in [6, 6.07) is 0.366. The number of fused-ring (bicyclic) bond motifs is 1. The van der Waals surface area contributed by atoms with E-state index in [1.165, 1.54) is 12.8 Å². The van der Waals surface area contributed by atoms with Crippen LogP contribution in [0.4, 0.5) is 11.9 Å². The molecule has 2 fully saturated rings. The van der Waals surface area contributed by atoms with Gasteiger partial charge in [-0.15, -0.1) is 0 Å². The normalized spacial score (nSPS) is 26.9. The van der Waals surface area contributed by atoms with Crippen LogP contribution in [0.1, 0.15) is 25.7 Å². The second-order valence-corrected chi connectivity index (χ2v) is 5.27. The number of hydrogen-bond donors (Lipinski definition) is 1. The molecule has 1 saturated carbocycles. The maximum absolute atomic E-state index is 5.96. The van der Waals surface area contributed by atoms with Crippen molar-refractivity contribution in [2.45, 2.75) is 37.8 Å². The SMILES string of the molecule is CNc1nc(Cl)nc(N2CCOC3CCCCC32)n1. The molecular formula is C12H18ClN5O. The maximum Gasteiger partial charge on any atom is 0.231 e. The molecule has 0 radical (unpaired) electrons. The number of morpholine rings is 1. The zero-order valence-corrected chi connectivity index (χ0v) is 11.7. The molecule has 7 heteroatoms. The average molecular weight is 284 g/mol. The molecule has 1 aromatic rings. The minimum atomic E-state index is 0.230. The Bertz CT molecular complexity index is 456. The van der Waals surface area contributed by atoms with E-state index in [2.05, 4.69) is 25.2 Å². The predicted molar refractivity (Wildman–Crippen MR) is 73.7 cm³/mol. The lowest BCUT2D eigenvalue weighted by atomic mass is 9.90. The van der Waals surface area contributed by atoms with Gasteiger partial charge in [0.2, 0.25) is 17.2 Å².